The molecule has 2 amide bonds. The zero-order chi connectivity index (χ0) is 18.9. The van der Waals surface area contributed by atoms with Gasteiger partial charge in [-0.05, 0) is 49.1 Å². The number of carbonyl (C=O) groups is 2. The van der Waals surface area contributed by atoms with E-state index in [1.807, 2.05) is 62.4 Å². The lowest BCUT2D eigenvalue weighted by atomic mass is 10.1. The molecule has 0 heterocycles. The summed E-state index contributed by atoms with van der Waals surface area (Å²) >= 11 is 0. The SMILES string of the molecule is CCC(Oc1ccccc1C)C(=O)Nc1ccc(CCC(=O)NC)cc1. The van der Waals surface area contributed by atoms with Gasteiger partial charge in [-0.1, -0.05) is 37.3 Å². The molecule has 0 aromatic heterocycles. The molecule has 5 nitrogen and oxygen atoms in total. The van der Waals surface area contributed by atoms with E-state index >= 15 is 0 Å². The predicted octanol–water partition coefficient (Wildman–Crippen LogP) is 3.47. The Morgan fingerprint density at radius 1 is 1.08 bits per heavy atom. The zero-order valence-electron chi connectivity index (χ0n) is 15.5. The van der Waals surface area contributed by atoms with Gasteiger partial charge in [0, 0.05) is 19.2 Å². The van der Waals surface area contributed by atoms with Gasteiger partial charge in [0.2, 0.25) is 5.91 Å². The second kappa shape index (κ2) is 9.61. The van der Waals surface area contributed by atoms with Crippen LogP contribution in [-0.4, -0.2) is 25.0 Å². The van der Waals surface area contributed by atoms with Crippen LogP contribution < -0.4 is 15.4 Å². The molecule has 0 saturated heterocycles. The van der Waals surface area contributed by atoms with Crippen LogP contribution in [0.3, 0.4) is 0 Å². The van der Waals surface area contributed by atoms with E-state index in [-0.39, 0.29) is 11.8 Å². The van der Waals surface area contributed by atoms with Crippen LogP contribution in [0.15, 0.2) is 48.5 Å². The van der Waals surface area contributed by atoms with Crippen LogP contribution >= 0.6 is 0 Å². The molecule has 2 rings (SSSR count). The van der Waals surface area contributed by atoms with Gasteiger partial charge in [-0.15, -0.1) is 0 Å². The summed E-state index contributed by atoms with van der Waals surface area (Å²) in [5.41, 5.74) is 2.76. The number of amides is 2. The molecule has 0 aliphatic heterocycles. The molecule has 5 heteroatoms. The molecule has 0 bridgehead atoms. The molecule has 0 aliphatic rings. The Morgan fingerprint density at radius 3 is 2.38 bits per heavy atom. The van der Waals surface area contributed by atoms with Crippen molar-refractivity contribution in [1.82, 2.24) is 5.32 Å². The maximum Gasteiger partial charge on any atom is 0.265 e. The third kappa shape index (κ3) is 5.62. The number of aryl methyl sites for hydroxylation is 2. The molecule has 0 aliphatic carbocycles. The van der Waals surface area contributed by atoms with Crippen LogP contribution in [0.25, 0.3) is 0 Å². The summed E-state index contributed by atoms with van der Waals surface area (Å²) in [4.78, 5) is 23.8. The molecule has 0 saturated carbocycles. The number of hydrogen-bond acceptors (Lipinski definition) is 3. The number of anilines is 1. The van der Waals surface area contributed by atoms with Crippen molar-refractivity contribution < 1.29 is 14.3 Å². The van der Waals surface area contributed by atoms with Gasteiger partial charge in [-0.25, -0.2) is 0 Å². The van der Waals surface area contributed by atoms with Gasteiger partial charge >= 0.3 is 0 Å². The summed E-state index contributed by atoms with van der Waals surface area (Å²) in [6.07, 6.45) is 1.14. The molecule has 2 aromatic rings. The summed E-state index contributed by atoms with van der Waals surface area (Å²) in [5, 5.41) is 5.50. The van der Waals surface area contributed by atoms with Crippen molar-refractivity contribution in [1.29, 1.82) is 0 Å². The van der Waals surface area contributed by atoms with Crippen molar-refractivity contribution in [3.63, 3.8) is 0 Å². The molecule has 138 valence electrons. The van der Waals surface area contributed by atoms with Gasteiger partial charge in [0.1, 0.15) is 5.75 Å². The van der Waals surface area contributed by atoms with E-state index in [1.54, 1.807) is 7.05 Å². The quantitative estimate of drug-likeness (QED) is 0.763. The van der Waals surface area contributed by atoms with E-state index < -0.39 is 6.10 Å². The Morgan fingerprint density at radius 2 is 1.77 bits per heavy atom. The van der Waals surface area contributed by atoms with Crippen LogP contribution in [0.1, 0.15) is 30.9 Å². The Bertz CT molecular complexity index is 741. The van der Waals surface area contributed by atoms with E-state index in [9.17, 15) is 9.59 Å². The molecule has 1 atom stereocenters. The van der Waals surface area contributed by atoms with Crippen LogP contribution in [0.5, 0.6) is 5.75 Å². The molecule has 0 radical (unpaired) electrons. The average molecular weight is 354 g/mol. The number of nitrogens with one attached hydrogen (secondary N) is 2. The normalized spacial score (nSPS) is 11.5. The largest absolute Gasteiger partial charge is 0.480 e. The van der Waals surface area contributed by atoms with Gasteiger partial charge < -0.3 is 15.4 Å². The van der Waals surface area contributed by atoms with E-state index in [2.05, 4.69) is 10.6 Å². The van der Waals surface area contributed by atoms with Gasteiger partial charge in [0.15, 0.2) is 6.10 Å². The second-order valence-corrected chi connectivity index (χ2v) is 6.14. The molecular weight excluding hydrogens is 328 g/mol. The lowest BCUT2D eigenvalue weighted by Crippen LogP contribution is -2.32. The standard InChI is InChI=1S/C21H26N2O3/c1-4-18(26-19-8-6-5-7-15(19)2)21(25)23-17-12-9-16(10-13-17)11-14-20(24)22-3/h5-10,12-13,18H,4,11,14H2,1-3H3,(H,22,24)(H,23,25). The van der Waals surface area contributed by atoms with Gasteiger partial charge in [-0.2, -0.15) is 0 Å². The number of hydrogen-bond donors (Lipinski definition) is 2. The van der Waals surface area contributed by atoms with E-state index in [4.69, 9.17) is 4.74 Å². The number of rotatable bonds is 8. The Kier molecular flexibility index (Phi) is 7.21. The first-order valence-corrected chi connectivity index (χ1v) is 8.86. The van der Waals surface area contributed by atoms with Crippen LogP contribution in [-0.2, 0) is 16.0 Å². The van der Waals surface area contributed by atoms with Crippen LogP contribution in [0.4, 0.5) is 5.69 Å². The van der Waals surface area contributed by atoms with Crippen molar-refractivity contribution in [2.75, 3.05) is 12.4 Å². The second-order valence-electron chi connectivity index (χ2n) is 6.14. The van der Waals surface area contributed by atoms with E-state index in [0.29, 0.717) is 24.9 Å². The highest BCUT2D eigenvalue weighted by Gasteiger charge is 2.19. The van der Waals surface area contributed by atoms with E-state index in [1.165, 1.54) is 0 Å². The summed E-state index contributed by atoms with van der Waals surface area (Å²) < 4.78 is 5.87. The maximum atomic E-state index is 12.5. The van der Waals surface area contributed by atoms with Crippen LogP contribution in [0, 0.1) is 6.92 Å². The minimum absolute atomic E-state index is 0.0153. The molecule has 1 unspecified atom stereocenters. The highest BCUT2D eigenvalue weighted by atomic mass is 16.5. The van der Waals surface area contributed by atoms with Crippen molar-refractivity contribution >= 4 is 17.5 Å². The first kappa shape index (κ1) is 19.5. The summed E-state index contributed by atoms with van der Waals surface area (Å²) in [7, 11) is 1.63. The number of para-hydroxylation sites is 1. The topological polar surface area (TPSA) is 67.4 Å². The fourth-order valence-corrected chi connectivity index (χ4v) is 2.52. The number of carbonyl (C=O) groups excluding carboxylic acids is 2. The predicted molar refractivity (Wildman–Crippen MR) is 103 cm³/mol. The third-order valence-electron chi connectivity index (χ3n) is 4.17. The van der Waals surface area contributed by atoms with Crippen molar-refractivity contribution in [3.8, 4) is 5.75 Å². The lowest BCUT2D eigenvalue weighted by molar-refractivity contribution is -0.123. The molecule has 0 fully saturated rings. The minimum atomic E-state index is -0.552. The molecular formula is C21H26N2O3. The van der Waals surface area contributed by atoms with Crippen LogP contribution in [0.2, 0.25) is 0 Å². The Balaban J connectivity index is 1.94. The van der Waals surface area contributed by atoms with Crippen molar-refractivity contribution in [3.05, 3.63) is 59.7 Å². The lowest BCUT2D eigenvalue weighted by Gasteiger charge is -2.18. The fourth-order valence-electron chi connectivity index (χ4n) is 2.52. The first-order chi connectivity index (χ1) is 12.5. The average Bonchev–Trinajstić information content (AvgIpc) is 2.66. The van der Waals surface area contributed by atoms with Crippen molar-refractivity contribution in [2.45, 2.75) is 39.2 Å². The molecule has 2 aromatic carbocycles. The van der Waals surface area contributed by atoms with Crippen molar-refractivity contribution in [2.24, 2.45) is 0 Å². The zero-order valence-corrected chi connectivity index (χ0v) is 15.5. The fraction of sp³-hybridized carbons (Fsp3) is 0.333. The highest BCUT2D eigenvalue weighted by molar-refractivity contribution is 5.94. The van der Waals surface area contributed by atoms with E-state index in [0.717, 1.165) is 16.9 Å². The smallest absolute Gasteiger partial charge is 0.265 e. The maximum absolute atomic E-state index is 12.5. The van der Waals surface area contributed by atoms with Gasteiger partial charge in [0.25, 0.3) is 5.91 Å². The van der Waals surface area contributed by atoms with Gasteiger partial charge in [-0.3, -0.25) is 9.59 Å². The Hall–Kier alpha value is -2.82. The first-order valence-electron chi connectivity index (χ1n) is 8.86. The molecule has 26 heavy (non-hydrogen) atoms. The monoisotopic (exact) mass is 354 g/mol. The highest BCUT2D eigenvalue weighted by Crippen LogP contribution is 2.20. The molecule has 2 N–H and O–H groups in total. The Labute approximate surface area is 154 Å². The van der Waals surface area contributed by atoms with Gasteiger partial charge in [0.05, 0.1) is 0 Å². The third-order valence-corrected chi connectivity index (χ3v) is 4.17. The number of ether oxygens (including phenoxy) is 1. The molecule has 0 spiro atoms. The summed E-state index contributed by atoms with van der Waals surface area (Å²) in [6, 6.07) is 15.2. The number of benzene rings is 2. The minimum Gasteiger partial charge on any atom is -0.480 e. The summed E-state index contributed by atoms with van der Waals surface area (Å²) in [5.74, 6) is 0.564. The summed E-state index contributed by atoms with van der Waals surface area (Å²) in [6.45, 7) is 3.88.